The standard InChI is InChI=1S/C8H10F3N3O3S/c1-17-3-2-4(5(15)16)12-7-13-6(14-18-7)8(9,10)11/h4H,2-3H2,1H3,(H,15,16)(H,12,13,14). The molecule has 0 aromatic carbocycles. The van der Waals surface area contributed by atoms with Crippen LogP contribution in [-0.2, 0) is 15.7 Å². The number of rotatable bonds is 6. The monoisotopic (exact) mass is 285 g/mol. The first-order chi connectivity index (χ1) is 8.34. The SMILES string of the molecule is COCCC(Nc1nc(C(F)(F)F)ns1)C(=O)O. The first kappa shape index (κ1) is 14.6. The second-order valence-electron chi connectivity index (χ2n) is 3.24. The van der Waals surface area contributed by atoms with E-state index in [9.17, 15) is 18.0 Å². The lowest BCUT2D eigenvalue weighted by Crippen LogP contribution is -2.30. The average Bonchev–Trinajstić information content (AvgIpc) is 2.71. The van der Waals surface area contributed by atoms with Crippen LogP contribution in [0.5, 0.6) is 0 Å². The number of hydrogen-bond donors (Lipinski definition) is 2. The molecule has 1 rings (SSSR count). The zero-order chi connectivity index (χ0) is 13.8. The van der Waals surface area contributed by atoms with Crippen LogP contribution in [0.1, 0.15) is 12.2 Å². The second-order valence-corrected chi connectivity index (χ2v) is 3.99. The summed E-state index contributed by atoms with van der Waals surface area (Å²) < 4.78 is 44.5. The van der Waals surface area contributed by atoms with Gasteiger partial charge < -0.3 is 15.2 Å². The zero-order valence-electron chi connectivity index (χ0n) is 9.19. The minimum Gasteiger partial charge on any atom is -0.480 e. The van der Waals surface area contributed by atoms with Crippen molar-refractivity contribution in [3.05, 3.63) is 5.82 Å². The van der Waals surface area contributed by atoms with Gasteiger partial charge in [-0.05, 0) is 0 Å². The molecule has 0 spiro atoms. The number of aliphatic carboxylic acids is 1. The molecule has 1 aromatic rings. The maximum atomic E-state index is 12.2. The number of halogens is 3. The number of ether oxygens (including phenoxy) is 1. The number of nitrogens with zero attached hydrogens (tertiary/aromatic N) is 2. The summed E-state index contributed by atoms with van der Waals surface area (Å²) in [6, 6.07) is -1.07. The predicted octanol–water partition coefficient (Wildman–Crippen LogP) is 1.46. The summed E-state index contributed by atoms with van der Waals surface area (Å²) in [6.07, 6.45) is -4.53. The molecule has 2 N–H and O–H groups in total. The summed E-state index contributed by atoms with van der Waals surface area (Å²) in [5.74, 6) is -2.48. The van der Waals surface area contributed by atoms with Gasteiger partial charge in [-0.3, -0.25) is 0 Å². The normalized spacial score (nSPS) is 13.3. The molecule has 0 amide bonds. The Kier molecular flexibility index (Phi) is 4.84. The van der Waals surface area contributed by atoms with E-state index in [2.05, 4.69) is 14.7 Å². The third-order valence-corrected chi connectivity index (χ3v) is 2.53. The van der Waals surface area contributed by atoms with E-state index in [-0.39, 0.29) is 18.2 Å². The minimum absolute atomic E-state index is 0.104. The Morgan fingerprint density at radius 2 is 2.28 bits per heavy atom. The summed E-state index contributed by atoms with van der Waals surface area (Å²) in [6.45, 7) is 0.162. The number of nitrogens with one attached hydrogen (secondary N) is 1. The van der Waals surface area contributed by atoms with Crippen molar-refractivity contribution in [1.29, 1.82) is 0 Å². The molecule has 10 heteroatoms. The molecule has 1 atom stereocenters. The molecular formula is C8H10F3N3O3S. The van der Waals surface area contributed by atoms with Gasteiger partial charge in [0.2, 0.25) is 11.0 Å². The van der Waals surface area contributed by atoms with Crippen LogP contribution in [0.25, 0.3) is 0 Å². The van der Waals surface area contributed by atoms with Crippen LogP contribution in [0.4, 0.5) is 18.3 Å². The van der Waals surface area contributed by atoms with E-state index in [1.54, 1.807) is 0 Å². The van der Waals surface area contributed by atoms with Crippen LogP contribution < -0.4 is 5.32 Å². The number of carboxylic acids is 1. The summed E-state index contributed by atoms with van der Waals surface area (Å²) in [4.78, 5) is 14.0. The molecule has 0 fully saturated rings. The molecule has 1 unspecified atom stereocenters. The van der Waals surface area contributed by atoms with E-state index in [1.165, 1.54) is 7.11 Å². The molecule has 0 saturated heterocycles. The maximum Gasteiger partial charge on any atom is 0.452 e. The minimum atomic E-state index is -4.64. The fourth-order valence-electron chi connectivity index (χ4n) is 1.04. The van der Waals surface area contributed by atoms with Gasteiger partial charge in [0.05, 0.1) is 0 Å². The number of hydrogen-bond acceptors (Lipinski definition) is 6. The van der Waals surface area contributed by atoms with E-state index in [1.807, 2.05) is 0 Å². The van der Waals surface area contributed by atoms with Gasteiger partial charge in [-0.25, -0.2) is 4.79 Å². The van der Waals surface area contributed by atoms with Crippen LogP contribution in [0, 0.1) is 0 Å². The number of aromatic nitrogens is 2. The third kappa shape index (κ3) is 4.11. The number of anilines is 1. The van der Waals surface area contributed by atoms with Crippen molar-refractivity contribution in [2.75, 3.05) is 19.0 Å². The van der Waals surface area contributed by atoms with Crippen molar-refractivity contribution in [3.8, 4) is 0 Å². The Balaban J connectivity index is 2.69. The molecule has 0 aliphatic heterocycles. The molecule has 1 heterocycles. The number of methoxy groups -OCH3 is 1. The number of carboxylic acid groups (broad SMARTS) is 1. The van der Waals surface area contributed by atoms with Crippen molar-refractivity contribution in [2.45, 2.75) is 18.6 Å². The maximum absolute atomic E-state index is 12.2. The number of carbonyl (C=O) groups is 1. The summed E-state index contributed by atoms with van der Waals surface area (Å²) in [5, 5.41) is 11.0. The van der Waals surface area contributed by atoms with E-state index in [0.29, 0.717) is 11.5 Å². The van der Waals surface area contributed by atoms with E-state index >= 15 is 0 Å². The molecule has 102 valence electrons. The molecule has 1 aromatic heterocycles. The quantitative estimate of drug-likeness (QED) is 0.823. The van der Waals surface area contributed by atoms with Crippen LogP contribution in [0.3, 0.4) is 0 Å². The van der Waals surface area contributed by atoms with Crippen molar-refractivity contribution in [3.63, 3.8) is 0 Å². The van der Waals surface area contributed by atoms with Crippen LogP contribution in [0.2, 0.25) is 0 Å². The first-order valence-corrected chi connectivity index (χ1v) is 5.51. The summed E-state index contributed by atoms with van der Waals surface area (Å²) >= 11 is 0.459. The summed E-state index contributed by atoms with van der Waals surface area (Å²) in [7, 11) is 1.39. The fourth-order valence-corrected chi connectivity index (χ4v) is 1.68. The Bertz CT molecular complexity index is 410. The van der Waals surface area contributed by atoms with Gasteiger partial charge >= 0.3 is 12.1 Å². The Morgan fingerprint density at radius 3 is 2.72 bits per heavy atom. The topological polar surface area (TPSA) is 84.3 Å². The van der Waals surface area contributed by atoms with Gasteiger partial charge in [0.25, 0.3) is 0 Å². The highest BCUT2D eigenvalue weighted by molar-refractivity contribution is 7.09. The third-order valence-electron chi connectivity index (χ3n) is 1.89. The molecule has 0 bridgehead atoms. The Morgan fingerprint density at radius 1 is 1.61 bits per heavy atom. The van der Waals surface area contributed by atoms with Crippen molar-refractivity contribution in [1.82, 2.24) is 9.36 Å². The lowest BCUT2D eigenvalue weighted by molar-refractivity contribution is -0.144. The van der Waals surface area contributed by atoms with E-state index in [0.717, 1.165) is 0 Å². The van der Waals surface area contributed by atoms with Gasteiger partial charge in [0.1, 0.15) is 6.04 Å². The van der Waals surface area contributed by atoms with Crippen LogP contribution >= 0.6 is 11.5 Å². The molecule has 0 saturated carbocycles. The largest absolute Gasteiger partial charge is 0.480 e. The molecular weight excluding hydrogens is 275 g/mol. The van der Waals surface area contributed by atoms with Crippen molar-refractivity contribution >= 4 is 22.6 Å². The fraction of sp³-hybridized carbons (Fsp3) is 0.625. The molecule has 6 nitrogen and oxygen atoms in total. The number of alkyl halides is 3. The van der Waals surface area contributed by atoms with Gasteiger partial charge in [-0.2, -0.15) is 22.5 Å². The highest BCUT2D eigenvalue weighted by atomic mass is 32.1. The molecule has 18 heavy (non-hydrogen) atoms. The van der Waals surface area contributed by atoms with Gasteiger partial charge in [0, 0.05) is 31.7 Å². The van der Waals surface area contributed by atoms with Crippen LogP contribution in [-0.4, -0.2) is 40.2 Å². The van der Waals surface area contributed by atoms with Gasteiger partial charge in [0.15, 0.2) is 0 Å². The van der Waals surface area contributed by atoms with Gasteiger partial charge in [-0.15, -0.1) is 0 Å². The zero-order valence-corrected chi connectivity index (χ0v) is 10.0. The molecule has 0 aliphatic rings. The Hall–Kier alpha value is -1.42. The highest BCUT2D eigenvalue weighted by Gasteiger charge is 2.36. The highest BCUT2D eigenvalue weighted by Crippen LogP contribution is 2.29. The predicted molar refractivity (Wildman–Crippen MR) is 56.5 cm³/mol. The first-order valence-electron chi connectivity index (χ1n) is 4.73. The van der Waals surface area contributed by atoms with E-state index in [4.69, 9.17) is 9.84 Å². The van der Waals surface area contributed by atoms with Crippen molar-refractivity contribution < 1.29 is 27.8 Å². The lowest BCUT2D eigenvalue weighted by atomic mass is 10.2. The van der Waals surface area contributed by atoms with E-state index < -0.39 is 24.0 Å². The van der Waals surface area contributed by atoms with Crippen molar-refractivity contribution in [2.24, 2.45) is 0 Å². The molecule has 0 radical (unpaired) electrons. The molecule has 0 aliphatic carbocycles. The second kappa shape index (κ2) is 5.96. The average molecular weight is 285 g/mol. The van der Waals surface area contributed by atoms with Crippen LogP contribution in [0.15, 0.2) is 0 Å². The Labute approximate surface area is 104 Å². The lowest BCUT2D eigenvalue weighted by Gasteiger charge is -2.12. The summed E-state index contributed by atoms with van der Waals surface area (Å²) in [5.41, 5.74) is 0. The smallest absolute Gasteiger partial charge is 0.452 e. The van der Waals surface area contributed by atoms with Gasteiger partial charge in [-0.1, -0.05) is 0 Å².